The normalized spacial score (nSPS) is 13.6. The van der Waals surface area contributed by atoms with Gasteiger partial charge in [-0.05, 0) is 87.6 Å². The number of nitrogens with zero attached hydrogens (tertiary/aromatic N) is 1. The topological polar surface area (TPSA) is 235 Å². The number of carbonyl (C=O) groups is 4. The van der Waals surface area contributed by atoms with E-state index in [0.717, 1.165) is 22.3 Å². The maximum Gasteiger partial charge on any atom is 0.239 e. The second kappa shape index (κ2) is 19.2. The lowest BCUT2D eigenvalue weighted by Gasteiger charge is -2.25. The van der Waals surface area contributed by atoms with E-state index in [1.54, 1.807) is 0 Å². The molecule has 0 radical (unpaired) electrons. The van der Waals surface area contributed by atoms with Crippen LogP contribution in [0.2, 0.25) is 0 Å². The Morgan fingerprint density at radius 3 is 2.11 bits per heavy atom. The molecule has 12 N–H and O–H groups in total. The second-order valence-electron chi connectivity index (χ2n) is 11.5. The number of benzene rings is 2. The van der Waals surface area contributed by atoms with Crippen LogP contribution in [-0.2, 0) is 32.0 Å². The summed E-state index contributed by atoms with van der Waals surface area (Å²) in [7, 11) is 0. The summed E-state index contributed by atoms with van der Waals surface area (Å²) >= 11 is 0. The van der Waals surface area contributed by atoms with Crippen molar-refractivity contribution < 1.29 is 19.2 Å². The van der Waals surface area contributed by atoms with E-state index in [9.17, 15) is 19.2 Å². The summed E-state index contributed by atoms with van der Waals surface area (Å²) in [5.41, 5.74) is 32.1. The zero-order valence-electron chi connectivity index (χ0n) is 26.5. The molecule has 0 bridgehead atoms. The van der Waals surface area contributed by atoms with Gasteiger partial charge in [0, 0.05) is 18.9 Å². The first-order valence-electron chi connectivity index (χ1n) is 15.5. The minimum absolute atomic E-state index is 0.0764. The van der Waals surface area contributed by atoms with E-state index in [1.165, 1.54) is 0 Å². The molecule has 45 heavy (non-hydrogen) atoms. The van der Waals surface area contributed by atoms with Crippen LogP contribution in [0.5, 0.6) is 0 Å². The third-order valence-electron chi connectivity index (χ3n) is 7.89. The lowest BCUT2D eigenvalue weighted by atomic mass is 9.87. The maximum atomic E-state index is 13.8. The van der Waals surface area contributed by atoms with Gasteiger partial charge < -0.3 is 39.3 Å². The Kier molecular flexibility index (Phi) is 15.7. The highest BCUT2D eigenvalue weighted by atomic mass is 16.2. The van der Waals surface area contributed by atoms with Gasteiger partial charge >= 0.3 is 0 Å². The van der Waals surface area contributed by atoms with Gasteiger partial charge in [-0.15, -0.1) is 0 Å². The van der Waals surface area contributed by atoms with Crippen LogP contribution in [0.1, 0.15) is 60.8 Å². The smallest absolute Gasteiger partial charge is 0.239 e. The number of aryl methyl sites for hydroxylation is 1. The molecule has 12 nitrogen and oxygen atoms in total. The Morgan fingerprint density at radius 1 is 0.800 bits per heavy atom. The highest BCUT2D eigenvalue weighted by Gasteiger charge is 2.31. The molecule has 0 spiro atoms. The molecule has 0 fully saturated rings. The van der Waals surface area contributed by atoms with Crippen molar-refractivity contribution in [2.24, 2.45) is 39.6 Å². The number of guanidine groups is 1. The van der Waals surface area contributed by atoms with E-state index >= 15 is 0 Å². The second-order valence-corrected chi connectivity index (χ2v) is 11.5. The van der Waals surface area contributed by atoms with Crippen LogP contribution in [0.4, 0.5) is 0 Å². The number of Topliss-reactive ketones (excluding diaryl/α,β-unsaturated/α-hetero) is 1. The van der Waals surface area contributed by atoms with Gasteiger partial charge in [-0.1, -0.05) is 48.5 Å². The summed E-state index contributed by atoms with van der Waals surface area (Å²) < 4.78 is 0. The number of carbonyl (C=O) groups excluding carboxylic acids is 4. The van der Waals surface area contributed by atoms with Crippen LogP contribution >= 0.6 is 0 Å². The third-order valence-corrected chi connectivity index (χ3v) is 7.89. The van der Waals surface area contributed by atoms with E-state index in [2.05, 4.69) is 15.6 Å². The van der Waals surface area contributed by atoms with E-state index in [1.807, 2.05) is 62.4 Å². The van der Waals surface area contributed by atoms with Crippen LogP contribution in [0, 0.1) is 19.8 Å². The Bertz CT molecular complexity index is 1300. The molecule has 0 aliphatic heterocycles. The van der Waals surface area contributed by atoms with Crippen LogP contribution in [0.15, 0.2) is 53.5 Å². The van der Waals surface area contributed by atoms with E-state index in [-0.39, 0.29) is 44.0 Å². The van der Waals surface area contributed by atoms with Gasteiger partial charge in [-0.3, -0.25) is 24.2 Å². The average Bonchev–Trinajstić information content (AvgIpc) is 3.00. The number of ketones is 1. The fourth-order valence-corrected chi connectivity index (χ4v) is 5.07. The summed E-state index contributed by atoms with van der Waals surface area (Å²) in [4.78, 5) is 56.8. The Hall–Kier alpha value is -4.29. The molecule has 0 aliphatic rings. The molecule has 246 valence electrons. The Balaban J connectivity index is 2.30. The molecule has 0 aromatic heterocycles. The number of aliphatic imine (C=N–C) groups is 1. The van der Waals surface area contributed by atoms with E-state index in [4.69, 9.17) is 28.7 Å². The van der Waals surface area contributed by atoms with Crippen molar-refractivity contribution in [1.29, 1.82) is 0 Å². The van der Waals surface area contributed by atoms with Crippen molar-refractivity contribution in [1.82, 2.24) is 10.6 Å². The molecule has 0 unspecified atom stereocenters. The van der Waals surface area contributed by atoms with Crippen molar-refractivity contribution in [3.63, 3.8) is 0 Å². The van der Waals surface area contributed by atoms with Gasteiger partial charge in [0.15, 0.2) is 11.7 Å². The molecule has 3 amide bonds. The quantitative estimate of drug-likeness (QED) is 0.0627. The summed E-state index contributed by atoms with van der Waals surface area (Å²) in [5, 5.41) is 5.57. The molecule has 4 atom stereocenters. The highest BCUT2D eigenvalue weighted by Crippen LogP contribution is 2.21. The van der Waals surface area contributed by atoms with Gasteiger partial charge in [0.25, 0.3) is 0 Å². The molecule has 2 rings (SSSR count). The van der Waals surface area contributed by atoms with Gasteiger partial charge in [0.2, 0.25) is 17.7 Å². The fourth-order valence-electron chi connectivity index (χ4n) is 5.07. The van der Waals surface area contributed by atoms with E-state index in [0.29, 0.717) is 32.2 Å². The minimum atomic E-state index is -0.932. The van der Waals surface area contributed by atoms with Crippen molar-refractivity contribution in [3.05, 3.63) is 70.8 Å². The van der Waals surface area contributed by atoms with Gasteiger partial charge in [0.05, 0.1) is 12.1 Å². The van der Waals surface area contributed by atoms with Crippen molar-refractivity contribution in [2.75, 3.05) is 13.1 Å². The molecule has 0 heterocycles. The van der Waals surface area contributed by atoms with Gasteiger partial charge in [-0.25, -0.2) is 0 Å². The molecule has 12 heteroatoms. The van der Waals surface area contributed by atoms with Gasteiger partial charge in [-0.2, -0.15) is 0 Å². The largest absolute Gasteiger partial charge is 0.370 e. The number of primary amides is 1. The lowest BCUT2D eigenvalue weighted by Crippen LogP contribution is -2.51. The number of hydrogen-bond acceptors (Lipinski definition) is 7. The van der Waals surface area contributed by atoms with Crippen LogP contribution in [-0.4, -0.2) is 60.7 Å². The molecular weight excluding hydrogens is 572 g/mol. The van der Waals surface area contributed by atoms with E-state index < -0.39 is 41.8 Å². The van der Waals surface area contributed by atoms with Crippen molar-refractivity contribution >= 4 is 29.5 Å². The molecular formula is C33H50N8O4. The monoisotopic (exact) mass is 622 g/mol. The first-order valence-corrected chi connectivity index (χ1v) is 15.5. The Morgan fingerprint density at radius 2 is 1.47 bits per heavy atom. The molecule has 0 saturated carbocycles. The lowest BCUT2D eigenvalue weighted by molar-refractivity contribution is -0.133. The zero-order valence-corrected chi connectivity index (χ0v) is 26.5. The standard InChI is InChI=1S/C33H50N8O4/c1-21-10-8-13-24(22(21)2)19-25(31(44)41-28(30(36)43)14-6-7-16-34)20-29(42)27(15-9-17-39-33(37)38)40-32(45)26(35)18-23-11-4-3-5-12-23/h3-5,8,10-13,25-28H,6-7,9,14-20,34-35H2,1-2H3,(H2,36,43)(H,40,45)(H,41,44)(H4,37,38,39)/t25-,26+,27-,28+/m1/s1. The number of nitrogens with two attached hydrogens (primary N) is 5. The summed E-state index contributed by atoms with van der Waals surface area (Å²) in [6, 6.07) is 12.4. The number of hydrogen-bond donors (Lipinski definition) is 7. The molecule has 2 aromatic carbocycles. The SMILES string of the molecule is Cc1cccc(C[C@H](CC(=O)[C@@H](CCCN=C(N)N)NC(=O)[C@@H](N)Cc2ccccc2)C(=O)N[C@@H](CCCCN)C(N)=O)c1C. The van der Waals surface area contributed by atoms with Crippen LogP contribution in [0.25, 0.3) is 0 Å². The van der Waals surface area contributed by atoms with Crippen molar-refractivity contribution in [2.45, 2.75) is 83.3 Å². The number of amides is 3. The molecule has 0 saturated heterocycles. The van der Waals surface area contributed by atoms with Crippen molar-refractivity contribution in [3.8, 4) is 0 Å². The van der Waals surface area contributed by atoms with Gasteiger partial charge in [0.1, 0.15) is 6.04 Å². The first kappa shape index (κ1) is 36.9. The fraction of sp³-hybridized carbons (Fsp3) is 0.485. The number of nitrogens with one attached hydrogen (secondary N) is 2. The maximum absolute atomic E-state index is 13.8. The minimum Gasteiger partial charge on any atom is -0.370 e. The predicted molar refractivity (Wildman–Crippen MR) is 177 cm³/mol. The first-order chi connectivity index (χ1) is 21.4. The summed E-state index contributed by atoms with van der Waals surface area (Å²) in [5.74, 6) is -2.86. The predicted octanol–water partition coefficient (Wildman–Crippen LogP) is 0.629. The third kappa shape index (κ3) is 13.1. The summed E-state index contributed by atoms with van der Waals surface area (Å²) in [6.45, 7) is 4.64. The van der Waals surface area contributed by atoms with Crippen LogP contribution in [0.3, 0.4) is 0 Å². The molecule has 2 aromatic rings. The zero-order chi connectivity index (χ0) is 33.4. The highest BCUT2D eigenvalue weighted by molar-refractivity contribution is 5.94. The number of rotatable bonds is 20. The molecule has 0 aliphatic carbocycles. The average molecular weight is 623 g/mol. The summed E-state index contributed by atoms with van der Waals surface area (Å²) in [6.07, 6.45) is 2.62. The Labute approximate surface area is 265 Å². The van der Waals surface area contributed by atoms with Crippen LogP contribution < -0.4 is 39.3 Å². The number of unbranched alkanes of at least 4 members (excludes halogenated alkanes) is 1.